The highest BCUT2D eigenvalue weighted by Gasteiger charge is 2.17. The highest BCUT2D eigenvalue weighted by molar-refractivity contribution is 14.1. The first-order valence-corrected chi connectivity index (χ1v) is 7.55. The highest BCUT2D eigenvalue weighted by Crippen LogP contribution is 2.31. The zero-order valence-electron chi connectivity index (χ0n) is 10.1. The van der Waals surface area contributed by atoms with E-state index in [1.54, 1.807) is 0 Å². The molecular formula is C12H7BrClF2IN2O. The van der Waals surface area contributed by atoms with Crippen LogP contribution in [0.3, 0.4) is 0 Å². The van der Waals surface area contributed by atoms with Gasteiger partial charge < -0.3 is 4.74 Å². The summed E-state index contributed by atoms with van der Waals surface area (Å²) in [6.45, 7) is 0.245. The zero-order valence-corrected chi connectivity index (χ0v) is 14.6. The second-order valence-corrected chi connectivity index (χ2v) is 5.98. The quantitative estimate of drug-likeness (QED) is 0.370. The predicted octanol–water partition coefficient (Wildman–Crippen LogP) is 4.59. The van der Waals surface area contributed by atoms with E-state index in [2.05, 4.69) is 25.9 Å². The first kappa shape index (κ1) is 16.0. The van der Waals surface area contributed by atoms with E-state index in [0.29, 0.717) is 14.8 Å². The van der Waals surface area contributed by atoms with Gasteiger partial charge in [-0.1, -0.05) is 11.6 Å². The summed E-state index contributed by atoms with van der Waals surface area (Å²) in [5.74, 6) is -1.74. The van der Waals surface area contributed by atoms with Crippen LogP contribution in [-0.2, 0) is 11.3 Å². The van der Waals surface area contributed by atoms with Crippen molar-refractivity contribution >= 4 is 50.1 Å². The number of nitrogens with zero attached hydrogens (tertiary/aromatic N) is 2. The van der Waals surface area contributed by atoms with Crippen LogP contribution >= 0.6 is 50.1 Å². The number of benzene rings is 1. The summed E-state index contributed by atoms with van der Waals surface area (Å²) in [6.07, 6.45) is 0. The van der Waals surface area contributed by atoms with Gasteiger partial charge in [-0.15, -0.1) is 0 Å². The minimum Gasteiger partial charge on any atom is -0.378 e. The Bertz CT molecular complexity index is 672. The SMILES string of the molecule is COCc1nc(-c2ccc(F)c(F)c2Br)nc(Cl)c1I. The van der Waals surface area contributed by atoms with E-state index >= 15 is 0 Å². The predicted molar refractivity (Wildman–Crippen MR) is 83.5 cm³/mol. The van der Waals surface area contributed by atoms with Gasteiger partial charge in [-0.3, -0.25) is 0 Å². The lowest BCUT2D eigenvalue weighted by Gasteiger charge is -2.09. The van der Waals surface area contributed by atoms with Gasteiger partial charge in [-0.2, -0.15) is 0 Å². The normalized spacial score (nSPS) is 10.9. The molecule has 2 rings (SSSR count). The lowest BCUT2D eigenvalue weighted by atomic mass is 10.2. The average Bonchev–Trinajstić information content (AvgIpc) is 2.41. The molecule has 0 aliphatic heterocycles. The molecule has 0 unspecified atom stereocenters. The first-order valence-electron chi connectivity index (χ1n) is 5.30. The van der Waals surface area contributed by atoms with Gasteiger partial charge in [0.1, 0.15) is 5.15 Å². The minimum absolute atomic E-state index is 0.0434. The Labute approximate surface area is 141 Å². The summed E-state index contributed by atoms with van der Waals surface area (Å²) in [7, 11) is 1.53. The Morgan fingerprint density at radius 3 is 2.70 bits per heavy atom. The molecule has 1 aromatic heterocycles. The van der Waals surface area contributed by atoms with Crippen LogP contribution in [0.2, 0.25) is 5.15 Å². The Morgan fingerprint density at radius 1 is 1.35 bits per heavy atom. The number of methoxy groups -OCH3 is 1. The van der Waals surface area contributed by atoms with Crippen LogP contribution in [0.15, 0.2) is 16.6 Å². The third kappa shape index (κ3) is 3.10. The maximum atomic E-state index is 13.6. The molecule has 1 aromatic carbocycles. The first-order chi connectivity index (χ1) is 9.45. The van der Waals surface area contributed by atoms with Gasteiger partial charge in [0.05, 0.1) is 20.3 Å². The summed E-state index contributed by atoms with van der Waals surface area (Å²) in [4.78, 5) is 8.37. The number of hydrogen-bond donors (Lipinski definition) is 0. The van der Waals surface area contributed by atoms with Crippen molar-refractivity contribution < 1.29 is 13.5 Å². The molecule has 0 aliphatic rings. The maximum Gasteiger partial charge on any atom is 0.173 e. The van der Waals surface area contributed by atoms with Crippen LogP contribution in [-0.4, -0.2) is 17.1 Å². The van der Waals surface area contributed by atoms with E-state index < -0.39 is 11.6 Å². The third-order valence-corrected chi connectivity index (χ3v) is 4.94. The zero-order chi connectivity index (χ0) is 14.9. The summed E-state index contributed by atoms with van der Waals surface area (Å²) < 4.78 is 32.3. The van der Waals surface area contributed by atoms with Gasteiger partial charge in [-0.05, 0) is 50.7 Å². The summed E-state index contributed by atoms with van der Waals surface area (Å²) in [5, 5.41) is 0.235. The smallest absolute Gasteiger partial charge is 0.173 e. The molecule has 2 aromatic rings. The molecule has 3 nitrogen and oxygen atoms in total. The van der Waals surface area contributed by atoms with E-state index in [4.69, 9.17) is 16.3 Å². The van der Waals surface area contributed by atoms with Crippen molar-refractivity contribution in [1.82, 2.24) is 9.97 Å². The van der Waals surface area contributed by atoms with E-state index in [-0.39, 0.29) is 22.1 Å². The molecule has 0 amide bonds. The van der Waals surface area contributed by atoms with Gasteiger partial charge in [0, 0.05) is 12.7 Å². The van der Waals surface area contributed by atoms with Gasteiger partial charge in [-0.25, -0.2) is 18.7 Å². The molecule has 0 saturated heterocycles. The monoisotopic (exact) mass is 474 g/mol. The molecule has 1 heterocycles. The lowest BCUT2D eigenvalue weighted by Crippen LogP contribution is -2.03. The topological polar surface area (TPSA) is 35.0 Å². The maximum absolute atomic E-state index is 13.6. The number of ether oxygens (including phenoxy) is 1. The number of halogens is 5. The second kappa shape index (κ2) is 6.59. The Hall–Kier alpha value is -0.380. The Morgan fingerprint density at radius 2 is 2.05 bits per heavy atom. The molecule has 0 fully saturated rings. The fraction of sp³-hybridized carbons (Fsp3) is 0.167. The average molecular weight is 475 g/mol. The minimum atomic E-state index is -0.992. The van der Waals surface area contributed by atoms with Crippen molar-refractivity contribution in [2.75, 3.05) is 7.11 Å². The number of aromatic nitrogens is 2. The molecule has 0 atom stereocenters. The molecule has 0 spiro atoms. The Kier molecular flexibility index (Phi) is 5.27. The lowest BCUT2D eigenvalue weighted by molar-refractivity contribution is 0.181. The highest BCUT2D eigenvalue weighted by atomic mass is 127. The molecule has 0 saturated carbocycles. The van der Waals surface area contributed by atoms with Crippen molar-refractivity contribution in [3.63, 3.8) is 0 Å². The standard InChI is InChI=1S/C12H7BrClF2IN2O/c1-20-4-7-10(17)11(14)19-12(18-7)5-2-3-6(15)9(16)8(5)13/h2-3H,4H2,1H3. The van der Waals surface area contributed by atoms with Crippen LogP contribution in [0.25, 0.3) is 11.4 Å². The van der Waals surface area contributed by atoms with Gasteiger partial charge >= 0.3 is 0 Å². The largest absolute Gasteiger partial charge is 0.378 e. The Balaban J connectivity index is 2.61. The molecular weight excluding hydrogens is 468 g/mol. The van der Waals surface area contributed by atoms with Crippen molar-refractivity contribution in [3.8, 4) is 11.4 Å². The third-order valence-electron chi connectivity index (χ3n) is 2.44. The molecule has 0 aliphatic carbocycles. The fourth-order valence-electron chi connectivity index (χ4n) is 1.51. The summed E-state index contributed by atoms with van der Waals surface area (Å²) >= 11 is 11.0. The van der Waals surface area contributed by atoms with E-state index in [1.165, 1.54) is 13.2 Å². The molecule has 0 N–H and O–H groups in total. The molecule has 106 valence electrons. The van der Waals surface area contributed by atoms with E-state index in [0.717, 1.165) is 6.07 Å². The van der Waals surface area contributed by atoms with Crippen molar-refractivity contribution in [3.05, 3.63) is 42.7 Å². The molecule has 8 heteroatoms. The number of rotatable bonds is 3. The fourth-order valence-corrected chi connectivity index (χ4v) is 2.60. The van der Waals surface area contributed by atoms with Crippen LogP contribution in [0.4, 0.5) is 8.78 Å². The molecule has 0 bridgehead atoms. The van der Waals surface area contributed by atoms with Gasteiger partial charge in [0.25, 0.3) is 0 Å². The molecule has 20 heavy (non-hydrogen) atoms. The van der Waals surface area contributed by atoms with Crippen molar-refractivity contribution in [2.24, 2.45) is 0 Å². The summed E-state index contributed by atoms with van der Waals surface area (Å²) in [5.41, 5.74) is 0.902. The summed E-state index contributed by atoms with van der Waals surface area (Å²) in [6, 6.07) is 2.40. The number of hydrogen-bond acceptors (Lipinski definition) is 3. The molecule has 0 radical (unpaired) electrons. The van der Waals surface area contributed by atoms with Crippen LogP contribution in [0, 0.1) is 15.2 Å². The van der Waals surface area contributed by atoms with E-state index in [9.17, 15) is 8.78 Å². The van der Waals surface area contributed by atoms with Crippen LogP contribution in [0.5, 0.6) is 0 Å². The van der Waals surface area contributed by atoms with Crippen molar-refractivity contribution in [2.45, 2.75) is 6.61 Å². The van der Waals surface area contributed by atoms with E-state index in [1.807, 2.05) is 22.6 Å². The van der Waals surface area contributed by atoms with Crippen LogP contribution in [0.1, 0.15) is 5.69 Å². The van der Waals surface area contributed by atoms with Crippen molar-refractivity contribution in [1.29, 1.82) is 0 Å². The van der Waals surface area contributed by atoms with Crippen LogP contribution < -0.4 is 0 Å². The second-order valence-electron chi connectivity index (χ2n) is 3.75. The van der Waals surface area contributed by atoms with Gasteiger partial charge in [0.15, 0.2) is 17.5 Å². The van der Waals surface area contributed by atoms with Gasteiger partial charge in [0.2, 0.25) is 0 Å².